The van der Waals surface area contributed by atoms with Gasteiger partial charge in [-0.15, -0.1) is 0 Å². The van der Waals surface area contributed by atoms with Gasteiger partial charge in [0.25, 0.3) is 0 Å². The summed E-state index contributed by atoms with van der Waals surface area (Å²) >= 11 is 0. The summed E-state index contributed by atoms with van der Waals surface area (Å²) in [5.41, 5.74) is 1.11. The number of hydrogen-bond donors (Lipinski definition) is 2. The molecule has 3 rings (SSSR count). The van der Waals surface area contributed by atoms with Crippen molar-refractivity contribution < 1.29 is 0 Å². The zero-order valence-electron chi connectivity index (χ0n) is 16.8. The molecule has 2 unspecified atom stereocenters. The van der Waals surface area contributed by atoms with Gasteiger partial charge in [-0.1, -0.05) is 6.92 Å². The van der Waals surface area contributed by atoms with Crippen LogP contribution in [-0.4, -0.2) is 57.3 Å². The Morgan fingerprint density at radius 3 is 2.85 bits per heavy atom. The third-order valence-electron chi connectivity index (χ3n) is 5.01. The minimum absolute atomic E-state index is 0.419. The van der Waals surface area contributed by atoms with Gasteiger partial charge in [-0.05, 0) is 50.5 Å². The van der Waals surface area contributed by atoms with Crippen LogP contribution in [0.3, 0.4) is 0 Å². The van der Waals surface area contributed by atoms with Gasteiger partial charge in [0.1, 0.15) is 0 Å². The molecule has 1 fully saturated rings. The lowest BCUT2D eigenvalue weighted by atomic mass is 10.1. The highest BCUT2D eigenvalue weighted by molar-refractivity contribution is 5.80. The Labute approximate surface area is 161 Å². The molecule has 2 atom stereocenters. The van der Waals surface area contributed by atoms with Crippen LogP contribution < -0.4 is 10.6 Å². The lowest BCUT2D eigenvalue weighted by Gasteiger charge is -2.22. The number of nitrogens with one attached hydrogen (secondary N) is 2. The lowest BCUT2D eigenvalue weighted by Crippen LogP contribution is -2.46. The smallest absolute Gasteiger partial charge is 0.191 e. The molecule has 0 aliphatic carbocycles. The number of nitrogens with zero attached hydrogens (tertiary/aromatic N) is 5. The third kappa shape index (κ3) is 5.07. The largest absolute Gasteiger partial charge is 0.357 e. The number of aromatic nitrogens is 3. The van der Waals surface area contributed by atoms with Crippen molar-refractivity contribution in [3.05, 3.63) is 42.4 Å². The molecule has 3 heterocycles. The van der Waals surface area contributed by atoms with Crippen LogP contribution in [0, 0.1) is 5.92 Å². The van der Waals surface area contributed by atoms with Crippen LogP contribution in [0.1, 0.15) is 33.3 Å². The quantitative estimate of drug-likeness (QED) is 0.602. The lowest BCUT2D eigenvalue weighted by molar-refractivity contribution is 0.265. The highest BCUT2D eigenvalue weighted by atomic mass is 15.3. The van der Waals surface area contributed by atoms with Crippen molar-refractivity contribution in [1.82, 2.24) is 30.3 Å². The molecular formula is C20H31N7. The SMILES string of the molecule is CCNC(=NCc1ccnc(-n2cccn2)c1)NC1CN(C(C)C)CC1C. The highest BCUT2D eigenvalue weighted by Gasteiger charge is 2.31. The minimum Gasteiger partial charge on any atom is -0.357 e. The van der Waals surface area contributed by atoms with Gasteiger partial charge in [0.2, 0.25) is 0 Å². The van der Waals surface area contributed by atoms with Gasteiger partial charge in [-0.25, -0.2) is 14.7 Å². The highest BCUT2D eigenvalue weighted by Crippen LogP contribution is 2.18. The predicted molar refractivity (Wildman–Crippen MR) is 109 cm³/mol. The maximum atomic E-state index is 4.79. The summed E-state index contributed by atoms with van der Waals surface area (Å²) in [6.07, 6.45) is 5.45. The van der Waals surface area contributed by atoms with Gasteiger partial charge >= 0.3 is 0 Å². The molecule has 0 saturated carbocycles. The number of pyridine rings is 1. The van der Waals surface area contributed by atoms with E-state index in [0.717, 1.165) is 37.0 Å². The van der Waals surface area contributed by atoms with Crippen LogP contribution in [0.15, 0.2) is 41.8 Å². The molecule has 1 aliphatic rings. The van der Waals surface area contributed by atoms with E-state index in [1.807, 2.05) is 30.6 Å². The fraction of sp³-hybridized carbons (Fsp3) is 0.550. The van der Waals surface area contributed by atoms with E-state index in [-0.39, 0.29) is 0 Å². The van der Waals surface area contributed by atoms with Crippen molar-refractivity contribution in [1.29, 1.82) is 0 Å². The number of hydrogen-bond acceptors (Lipinski definition) is 4. The Morgan fingerprint density at radius 2 is 2.19 bits per heavy atom. The first-order valence-electron chi connectivity index (χ1n) is 9.80. The molecule has 0 amide bonds. The van der Waals surface area contributed by atoms with Crippen molar-refractivity contribution in [3.8, 4) is 5.82 Å². The molecule has 0 aromatic carbocycles. The van der Waals surface area contributed by atoms with E-state index in [2.05, 4.69) is 53.3 Å². The zero-order valence-corrected chi connectivity index (χ0v) is 16.8. The summed E-state index contributed by atoms with van der Waals surface area (Å²) in [5, 5.41) is 11.2. The molecule has 7 heteroatoms. The molecule has 27 heavy (non-hydrogen) atoms. The van der Waals surface area contributed by atoms with Crippen molar-refractivity contribution in [3.63, 3.8) is 0 Å². The van der Waals surface area contributed by atoms with Gasteiger partial charge < -0.3 is 10.6 Å². The second-order valence-corrected chi connectivity index (χ2v) is 7.44. The summed E-state index contributed by atoms with van der Waals surface area (Å²) in [6.45, 7) is 12.6. The van der Waals surface area contributed by atoms with Gasteiger partial charge in [0, 0.05) is 50.3 Å². The summed E-state index contributed by atoms with van der Waals surface area (Å²) in [7, 11) is 0. The van der Waals surface area contributed by atoms with Gasteiger partial charge in [-0.3, -0.25) is 4.90 Å². The molecule has 1 aliphatic heterocycles. The standard InChI is InChI=1S/C20H31N7/c1-5-21-20(25-18-14-26(15(2)3)13-16(18)4)23-12-17-7-9-22-19(11-17)27-10-6-8-24-27/h6-11,15-16,18H,5,12-14H2,1-4H3,(H2,21,23,25). The normalized spacial score (nSPS) is 21.0. The summed E-state index contributed by atoms with van der Waals surface area (Å²) < 4.78 is 1.76. The van der Waals surface area contributed by atoms with E-state index < -0.39 is 0 Å². The van der Waals surface area contributed by atoms with E-state index in [1.54, 1.807) is 10.9 Å². The van der Waals surface area contributed by atoms with Gasteiger partial charge in [-0.2, -0.15) is 5.10 Å². The Bertz CT molecular complexity index is 739. The van der Waals surface area contributed by atoms with Crippen molar-refractivity contribution in [2.75, 3.05) is 19.6 Å². The minimum atomic E-state index is 0.419. The number of aliphatic imine (C=N–C) groups is 1. The van der Waals surface area contributed by atoms with E-state index in [4.69, 9.17) is 4.99 Å². The maximum Gasteiger partial charge on any atom is 0.191 e. The second kappa shape index (κ2) is 8.99. The Kier molecular flexibility index (Phi) is 6.45. The molecule has 7 nitrogen and oxygen atoms in total. The zero-order chi connectivity index (χ0) is 19.2. The number of rotatable bonds is 6. The Morgan fingerprint density at radius 1 is 1.33 bits per heavy atom. The molecule has 2 aromatic rings. The first kappa shape index (κ1) is 19.4. The van der Waals surface area contributed by atoms with E-state index in [0.29, 0.717) is 24.5 Å². The van der Waals surface area contributed by atoms with Crippen LogP contribution in [0.4, 0.5) is 0 Å². The summed E-state index contributed by atoms with van der Waals surface area (Å²) in [4.78, 5) is 11.7. The topological polar surface area (TPSA) is 70.4 Å². The average molecular weight is 370 g/mol. The van der Waals surface area contributed by atoms with Gasteiger partial charge in [0.15, 0.2) is 11.8 Å². The number of guanidine groups is 1. The van der Waals surface area contributed by atoms with Crippen molar-refractivity contribution >= 4 is 5.96 Å². The fourth-order valence-electron chi connectivity index (χ4n) is 3.37. The van der Waals surface area contributed by atoms with Crippen LogP contribution in [0.25, 0.3) is 5.82 Å². The number of likely N-dealkylation sites (tertiary alicyclic amines) is 1. The predicted octanol–water partition coefficient (Wildman–Crippen LogP) is 2.05. The first-order chi connectivity index (χ1) is 13.1. The molecule has 2 aromatic heterocycles. The molecule has 1 saturated heterocycles. The average Bonchev–Trinajstić information content (AvgIpc) is 3.31. The summed E-state index contributed by atoms with van der Waals surface area (Å²) in [5.74, 6) is 2.28. The monoisotopic (exact) mass is 369 g/mol. The van der Waals surface area contributed by atoms with Crippen LogP contribution >= 0.6 is 0 Å². The first-order valence-corrected chi connectivity index (χ1v) is 9.80. The Hall–Kier alpha value is -2.41. The molecule has 2 N–H and O–H groups in total. The van der Waals surface area contributed by atoms with Crippen molar-refractivity contribution in [2.24, 2.45) is 10.9 Å². The molecule has 0 radical (unpaired) electrons. The second-order valence-electron chi connectivity index (χ2n) is 7.44. The van der Waals surface area contributed by atoms with E-state index in [9.17, 15) is 0 Å². The fourth-order valence-corrected chi connectivity index (χ4v) is 3.37. The molecule has 0 spiro atoms. The Balaban J connectivity index is 1.67. The summed E-state index contributed by atoms with van der Waals surface area (Å²) in [6, 6.07) is 6.92. The van der Waals surface area contributed by atoms with Crippen molar-refractivity contribution in [2.45, 2.75) is 46.3 Å². The maximum absolute atomic E-state index is 4.79. The molecule has 146 valence electrons. The van der Waals surface area contributed by atoms with E-state index >= 15 is 0 Å². The van der Waals surface area contributed by atoms with Crippen LogP contribution in [0.2, 0.25) is 0 Å². The van der Waals surface area contributed by atoms with Crippen LogP contribution in [0.5, 0.6) is 0 Å². The van der Waals surface area contributed by atoms with Gasteiger partial charge in [0.05, 0.1) is 6.54 Å². The molecular weight excluding hydrogens is 338 g/mol. The third-order valence-corrected chi connectivity index (χ3v) is 5.01. The van der Waals surface area contributed by atoms with Crippen LogP contribution in [-0.2, 0) is 6.54 Å². The van der Waals surface area contributed by atoms with E-state index in [1.165, 1.54) is 0 Å². The molecule has 0 bridgehead atoms.